The average Bonchev–Trinajstić information content (AvgIpc) is 2.56. The highest BCUT2D eigenvalue weighted by molar-refractivity contribution is 5.80. The maximum atomic E-state index is 5.47. The molecule has 3 rings (SSSR count). The number of ether oxygens (including phenoxy) is 1. The van der Waals surface area contributed by atoms with E-state index in [2.05, 4.69) is 72.4 Å². The summed E-state index contributed by atoms with van der Waals surface area (Å²) in [6.07, 6.45) is 0. The molecule has 1 fully saturated rings. The van der Waals surface area contributed by atoms with Crippen molar-refractivity contribution in [2.24, 2.45) is 0 Å². The first kappa shape index (κ1) is 14.0. The van der Waals surface area contributed by atoms with E-state index in [9.17, 15) is 0 Å². The fourth-order valence-corrected chi connectivity index (χ4v) is 2.75. The highest BCUT2D eigenvalue weighted by Gasteiger charge is 2.15. The Kier molecular flexibility index (Phi) is 4.11. The summed E-state index contributed by atoms with van der Waals surface area (Å²) in [7, 11) is 4.15. The Bertz CT molecular complexity index is 604. The van der Waals surface area contributed by atoms with E-state index in [1.807, 2.05) is 0 Å². The van der Waals surface area contributed by atoms with Crippen LogP contribution in [0.3, 0.4) is 0 Å². The van der Waals surface area contributed by atoms with Gasteiger partial charge in [0.2, 0.25) is 0 Å². The van der Waals surface area contributed by atoms with Crippen molar-refractivity contribution in [2.75, 3.05) is 50.2 Å². The van der Waals surface area contributed by atoms with Gasteiger partial charge in [-0.1, -0.05) is 30.3 Å². The topological polar surface area (TPSA) is 15.7 Å². The molecule has 1 aliphatic heterocycles. The molecule has 0 amide bonds. The predicted octanol–water partition coefficient (Wildman–Crippen LogP) is 3.26. The summed E-state index contributed by atoms with van der Waals surface area (Å²) in [6, 6.07) is 17.3. The largest absolute Gasteiger partial charge is 0.378 e. The van der Waals surface area contributed by atoms with Gasteiger partial charge < -0.3 is 14.5 Å². The highest BCUT2D eigenvalue weighted by Crippen LogP contribution is 2.32. The van der Waals surface area contributed by atoms with Crippen LogP contribution in [0.15, 0.2) is 48.5 Å². The van der Waals surface area contributed by atoms with Gasteiger partial charge in [-0.2, -0.15) is 0 Å². The van der Waals surface area contributed by atoms with Gasteiger partial charge in [0.05, 0.1) is 13.2 Å². The summed E-state index contributed by atoms with van der Waals surface area (Å²) in [5.74, 6) is 0. The Hall–Kier alpha value is -2.00. The van der Waals surface area contributed by atoms with Gasteiger partial charge in [-0.15, -0.1) is 0 Å². The number of anilines is 2. The van der Waals surface area contributed by atoms with E-state index < -0.39 is 0 Å². The van der Waals surface area contributed by atoms with Crippen LogP contribution in [0, 0.1) is 0 Å². The van der Waals surface area contributed by atoms with Crippen molar-refractivity contribution in [3.05, 3.63) is 48.5 Å². The highest BCUT2D eigenvalue weighted by atomic mass is 16.5. The molecule has 0 aliphatic carbocycles. The van der Waals surface area contributed by atoms with Gasteiger partial charge in [-0.3, -0.25) is 0 Å². The first-order valence-electron chi connectivity index (χ1n) is 7.45. The number of morpholine rings is 1. The first-order valence-corrected chi connectivity index (χ1v) is 7.45. The van der Waals surface area contributed by atoms with E-state index in [1.54, 1.807) is 0 Å². The quantitative estimate of drug-likeness (QED) is 0.859. The summed E-state index contributed by atoms with van der Waals surface area (Å²) < 4.78 is 5.47. The van der Waals surface area contributed by atoms with Crippen LogP contribution in [0.5, 0.6) is 0 Å². The van der Waals surface area contributed by atoms with Crippen LogP contribution in [0.1, 0.15) is 0 Å². The lowest BCUT2D eigenvalue weighted by molar-refractivity contribution is 0.123. The third kappa shape index (κ3) is 3.03. The Morgan fingerprint density at radius 2 is 1.71 bits per heavy atom. The molecule has 1 heterocycles. The second-order valence-corrected chi connectivity index (χ2v) is 5.56. The van der Waals surface area contributed by atoms with Crippen molar-refractivity contribution in [1.82, 2.24) is 0 Å². The smallest absolute Gasteiger partial charge is 0.0642 e. The molecule has 0 unspecified atom stereocenters. The third-order valence-corrected chi connectivity index (χ3v) is 3.93. The minimum atomic E-state index is 0.812. The molecule has 0 aromatic heterocycles. The molecule has 0 spiro atoms. The fraction of sp³-hybridized carbons (Fsp3) is 0.333. The molecule has 0 radical (unpaired) electrons. The molecule has 110 valence electrons. The van der Waals surface area contributed by atoms with E-state index in [0.717, 1.165) is 26.3 Å². The lowest BCUT2D eigenvalue weighted by atomic mass is 10.0. The Balaban J connectivity index is 2.00. The second kappa shape index (κ2) is 6.19. The predicted molar refractivity (Wildman–Crippen MR) is 89.2 cm³/mol. The van der Waals surface area contributed by atoms with Crippen molar-refractivity contribution in [3.8, 4) is 11.1 Å². The van der Waals surface area contributed by atoms with Crippen molar-refractivity contribution >= 4 is 11.4 Å². The zero-order valence-corrected chi connectivity index (χ0v) is 12.7. The summed E-state index contributed by atoms with van der Waals surface area (Å²) in [6.45, 7) is 3.55. The summed E-state index contributed by atoms with van der Waals surface area (Å²) >= 11 is 0. The number of hydrogen-bond donors (Lipinski definition) is 0. The maximum Gasteiger partial charge on any atom is 0.0642 e. The molecular weight excluding hydrogens is 260 g/mol. The van der Waals surface area contributed by atoms with Crippen molar-refractivity contribution in [3.63, 3.8) is 0 Å². The van der Waals surface area contributed by atoms with Crippen LogP contribution in [0.2, 0.25) is 0 Å². The van der Waals surface area contributed by atoms with Crippen molar-refractivity contribution < 1.29 is 4.74 Å². The molecule has 3 nitrogen and oxygen atoms in total. The van der Waals surface area contributed by atoms with Gasteiger partial charge in [0.1, 0.15) is 0 Å². The van der Waals surface area contributed by atoms with Gasteiger partial charge in [-0.05, 0) is 23.8 Å². The van der Waals surface area contributed by atoms with Gasteiger partial charge >= 0.3 is 0 Å². The van der Waals surface area contributed by atoms with Crippen LogP contribution in [0.25, 0.3) is 11.1 Å². The van der Waals surface area contributed by atoms with E-state index >= 15 is 0 Å². The fourth-order valence-electron chi connectivity index (χ4n) is 2.75. The number of nitrogens with zero attached hydrogens (tertiary/aromatic N) is 2. The van der Waals surface area contributed by atoms with Crippen LogP contribution >= 0.6 is 0 Å². The lowest BCUT2D eigenvalue weighted by Crippen LogP contribution is -2.36. The zero-order chi connectivity index (χ0) is 14.7. The van der Waals surface area contributed by atoms with Gasteiger partial charge in [0.25, 0.3) is 0 Å². The number of hydrogen-bond acceptors (Lipinski definition) is 3. The second-order valence-electron chi connectivity index (χ2n) is 5.56. The number of para-hydroxylation sites is 1. The third-order valence-electron chi connectivity index (χ3n) is 3.93. The molecule has 0 bridgehead atoms. The van der Waals surface area contributed by atoms with E-state index in [1.165, 1.54) is 22.5 Å². The molecule has 0 atom stereocenters. The molecule has 3 heteroatoms. The van der Waals surface area contributed by atoms with E-state index in [-0.39, 0.29) is 0 Å². The summed E-state index contributed by atoms with van der Waals surface area (Å²) in [5.41, 5.74) is 5.09. The number of benzene rings is 2. The van der Waals surface area contributed by atoms with Gasteiger partial charge in [-0.25, -0.2) is 0 Å². The van der Waals surface area contributed by atoms with Crippen LogP contribution in [0.4, 0.5) is 11.4 Å². The molecule has 2 aromatic carbocycles. The molecule has 0 saturated carbocycles. The van der Waals surface area contributed by atoms with Crippen molar-refractivity contribution in [2.45, 2.75) is 0 Å². The summed E-state index contributed by atoms with van der Waals surface area (Å²) in [4.78, 5) is 4.56. The van der Waals surface area contributed by atoms with Gasteiger partial charge in [0, 0.05) is 44.1 Å². The molecule has 2 aromatic rings. The Morgan fingerprint density at radius 3 is 2.48 bits per heavy atom. The lowest BCUT2D eigenvalue weighted by Gasteiger charge is -2.30. The SMILES string of the molecule is CN(C)c1cccc(-c2ccccc2N2CCOCC2)c1. The Morgan fingerprint density at radius 1 is 0.952 bits per heavy atom. The molecule has 0 N–H and O–H groups in total. The standard InChI is InChI=1S/C18H22N2O/c1-19(2)16-7-5-6-15(14-16)17-8-3-4-9-18(17)20-10-12-21-13-11-20/h3-9,14H,10-13H2,1-2H3. The number of rotatable bonds is 3. The summed E-state index contributed by atoms with van der Waals surface area (Å²) in [5, 5.41) is 0. The monoisotopic (exact) mass is 282 g/mol. The minimum Gasteiger partial charge on any atom is -0.378 e. The molecule has 1 aliphatic rings. The normalized spacial score (nSPS) is 15.0. The van der Waals surface area contributed by atoms with Gasteiger partial charge in [0.15, 0.2) is 0 Å². The zero-order valence-electron chi connectivity index (χ0n) is 12.7. The first-order chi connectivity index (χ1) is 10.3. The van der Waals surface area contributed by atoms with Crippen LogP contribution < -0.4 is 9.80 Å². The molecule has 1 saturated heterocycles. The average molecular weight is 282 g/mol. The molecular formula is C18H22N2O. The van der Waals surface area contributed by atoms with E-state index in [4.69, 9.17) is 4.74 Å². The van der Waals surface area contributed by atoms with Crippen LogP contribution in [-0.4, -0.2) is 40.4 Å². The van der Waals surface area contributed by atoms with Crippen molar-refractivity contribution in [1.29, 1.82) is 0 Å². The minimum absolute atomic E-state index is 0.812. The van der Waals surface area contributed by atoms with Crippen LogP contribution in [-0.2, 0) is 4.74 Å². The maximum absolute atomic E-state index is 5.47. The Labute approximate surface area is 126 Å². The molecule has 21 heavy (non-hydrogen) atoms. The van der Waals surface area contributed by atoms with E-state index in [0.29, 0.717) is 0 Å².